The standard InChI is InChI=1S/C14H23N3S/c1-2-5-15-10-13-3-4-14(16-11-13)12-17-6-8-18-9-7-17/h3-4,11,15H,2,5-10,12H2,1H3. The molecule has 4 heteroatoms. The molecule has 3 nitrogen and oxygen atoms in total. The number of pyridine rings is 1. The van der Waals surface area contributed by atoms with E-state index in [2.05, 4.69) is 46.0 Å². The molecular formula is C14H23N3S. The van der Waals surface area contributed by atoms with E-state index in [4.69, 9.17) is 0 Å². The Morgan fingerprint density at radius 3 is 2.83 bits per heavy atom. The predicted molar refractivity (Wildman–Crippen MR) is 78.8 cm³/mol. The van der Waals surface area contributed by atoms with Gasteiger partial charge in [-0.05, 0) is 24.6 Å². The summed E-state index contributed by atoms with van der Waals surface area (Å²) in [4.78, 5) is 7.06. The summed E-state index contributed by atoms with van der Waals surface area (Å²) in [6.07, 6.45) is 3.19. The van der Waals surface area contributed by atoms with Gasteiger partial charge in [0.15, 0.2) is 0 Å². The van der Waals surface area contributed by atoms with E-state index in [1.165, 1.54) is 42.3 Å². The monoisotopic (exact) mass is 265 g/mol. The van der Waals surface area contributed by atoms with E-state index in [9.17, 15) is 0 Å². The highest BCUT2D eigenvalue weighted by molar-refractivity contribution is 7.99. The molecule has 1 fully saturated rings. The summed E-state index contributed by atoms with van der Waals surface area (Å²) in [7, 11) is 0. The van der Waals surface area contributed by atoms with Gasteiger partial charge in [-0.3, -0.25) is 9.88 Å². The molecule has 1 aliphatic rings. The number of nitrogens with one attached hydrogen (secondary N) is 1. The molecule has 1 N–H and O–H groups in total. The summed E-state index contributed by atoms with van der Waals surface area (Å²) in [5.41, 5.74) is 2.47. The van der Waals surface area contributed by atoms with Crippen molar-refractivity contribution in [3.8, 4) is 0 Å². The van der Waals surface area contributed by atoms with Crippen molar-refractivity contribution >= 4 is 11.8 Å². The van der Waals surface area contributed by atoms with E-state index < -0.39 is 0 Å². The van der Waals surface area contributed by atoms with Crippen molar-refractivity contribution in [3.63, 3.8) is 0 Å². The first-order valence-electron chi connectivity index (χ1n) is 6.83. The van der Waals surface area contributed by atoms with E-state index in [1.807, 2.05) is 6.20 Å². The molecule has 100 valence electrons. The van der Waals surface area contributed by atoms with Crippen molar-refractivity contribution < 1.29 is 0 Å². The number of nitrogens with zero attached hydrogens (tertiary/aromatic N) is 2. The molecule has 18 heavy (non-hydrogen) atoms. The Kier molecular flexibility index (Phi) is 5.97. The van der Waals surface area contributed by atoms with Crippen LogP contribution in [0.5, 0.6) is 0 Å². The largest absolute Gasteiger partial charge is 0.313 e. The van der Waals surface area contributed by atoms with Gasteiger partial charge in [0.25, 0.3) is 0 Å². The van der Waals surface area contributed by atoms with Gasteiger partial charge in [-0.1, -0.05) is 13.0 Å². The van der Waals surface area contributed by atoms with Crippen LogP contribution in [0.25, 0.3) is 0 Å². The van der Waals surface area contributed by atoms with Crippen molar-refractivity contribution in [2.45, 2.75) is 26.4 Å². The van der Waals surface area contributed by atoms with Gasteiger partial charge in [0.1, 0.15) is 0 Å². The number of rotatable bonds is 6. The zero-order chi connectivity index (χ0) is 12.6. The summed E-state index contributed by atoms with van der Waals surface area (Å²) >= 11 is 2.05. The number of hydrogen-bond donors (Lipinski definition) is 1. The van der Waals surface area contributed by atoms with Crippen molar-refractivity contribution in [2.24, 2.45) is 0 Å². The molecule has 0 saturated carbocycles. The maximum atomic E-state index is 4.56. The smallest absolute Gasteiger partial charge is 0.0544 e. The fraction of sp³-hybridized carbons (Fsp3) is 0.643. The fourth-order valence-electron chi connectivity index (χ4n) is 2.05. The maximum Gasteiger partial charge on any atom is 0.0544 e. The summed E-state index contributed by atoms with van der Waals surface area (Å²) < 4.78 is 0. The molecule has 0 spiro atoms. The van der Waals surface area contributed by atoms with Crippen LogP contribution in [-0.4, -0.2) is 41.0 Å². The lowest BCUT2D eigenvalue weighted by atomic mass is 10.2. The quantitative estimate of drug-likeness (QED) is 0.798. The fourth-order valence-corrected chi connectivity index (χ4v) is 3.03. The molecule has 0 aromatic carbocycles. The zero-order valence-electron chi connectivity index (χ0n) is 11.2. The topological polar surface area (TPSA) is 28.2 Å². The van der Waals surface area contributed by atoms with Crippen molar-refractivity contribution in [1.29, 1.82) is 0 Å². The molecule has 2 rings (SSSR count). The van der Waals surface area contributed by atoms with Crippen LogP contribution in [0.2, 0.25) is 0 Å². The van der Waals surface area contributed by atoms with E-state index in [-0.39, 0.29) is 0 Å². The van der Waals surface area contributed by atoms with E-state index >= 15 is 0 Å². The molecule has 0 atom stereocenters. The summed E-state index contributed by atoms with van der Waals surface area (Å²) in [5, 5.41) is 3.40. The minimum atomic E-state index is 0.932. The van der Waals surface area contributed by atoms with E-state index in [1.54, 1.807) is 0 Å². The second-order valence-electron chi connectivity index (χ2n) is 4.72. The van der Waals surface area contributed by atoms with Gasteiger partial charge in [0.2, 0.25) is 0 Å². The third-order valence-corrected chi connectivity index (χ3v) is 4.07. The Labute approximate surface area is 114 Å². The minimum absolute atomic E-state index is 0.932. The average molecular weight is 265 g/mol. The summed E-state index contributed by atoms with van der Waals surface area (Å²) in [6.45, 7) is 7.60. The summed E-state index contributed by atoms with van der Waals surface area (Å²) in [6, 6.07) is 4.37. The molecule has 0 unspecified atom stereocenters. The summed E-state index contributed by atoms with van der Waals surface area (Å²) in [5.74, 6) is 2.53. The molecule has 0 aliphatic carbocycles. The Morgan fingerprint density at radius 2 is 2.17 bits per heavy atom. The molecule has 2 heterocycles. The molecule has 0 bridgehead atoms. The van der Waals surface area contributed by atoms with Crippen LogP contribution < -0.4 is 5.32 Å². The third kappa shape index (κ3) is 4.59. The lowest BCUT2D eigenvalue weighted by Crippen LogP contribution is -2.32. The highest BCUT2D eigenvalue weighted by Gasteiger charge is 2.10. The lowest BCUT2D eigenvalue weighted by Gasteiger charge is -2.25. The normalized spacial score (nSPS) is 16.9. The average Bonchev–Trinajstić information content (AvgIpc) is 2.42. The zero-order valence-corrected chi connectivity index (χ0v) is 12.0. The molecule has 1 saturated heterocycles. The SMILES string of the molecule is CCCNCc1ccc(CN2CCSCC2)nc1. The third-order valence-electron chi connectivity index (χ3n) is 3.13. The van der Waals surface area contributed by atoms with Crippen LogP contribution in [0, 0.1) is 0 Å². The van der Waals surface area contributed by atoms with Gasteiger partial charge >= 0.3 is 0 Å². The van der Waals surface area contributed by atoms with Crippen LogP contribution in [0.15, 0.2) is 18.3 Å². The van der Waals surface area contributed by atoms with E-state index in [0.29, 0.717) is 0 Å². The number of aromatic nitrogens is 1. The Morgan fingerprint density at radius 1 is 1.33 bits per heavy atom. The lowest BCUT2D eigenvalue weighted by molar-refractivity contribution is 0.291. The van der Waals surface area contributed by atoms with Crippen molar-refractivity contribution in [1.82, 2.24) is 15.2 Å². The predicted octanol–water partition coefficient (Wildman–Crippen LogP) is 2.13. The van der Waals surface area contributed by atoms with Gasteiger partial charge in [0.05, 0.1) is 5.69 Å². The molecule has 1 aromatic rings. The van der Waals surface area contributed by atoms with Gasteiger partial charge < -0.3 is 5.32 Å². The van der Waals surface area contributed by atoms with Gasteiger partial charge in [-0.15, -0.1) is 0 Å². The molecule has 0 amide bonds. The first-order valence-corrected chi connectivity index (χ1v) is 7.98. The molecular weight excluding hydrogens is 242 g/mol. The first-order chi connectivity index (χ1) is 8.88. The molecule has 1 aromatic heterocycles. The Hall–Kier alpha value is -0.580. The van der Waals surface area contributed by atoms with Crippen molar-refractivity contribution in [2.75, 3.05) is 31.1 Å². The maximum absolute atomic E-state index is 4.56. The van der Waals surface area contributed by atoms with Crippen LogP contribution in [0.1, 0.15) is 24.6 Å². The van der Waals surface area contributed by atoms with Gasteiger partial charge in [-0.2, -0.15) is 11.8 Å². The van der Waals surface area contributed by atoms with Gasteiger partial charge in [-0.25, -0.2) is 0 Å². The van der Waals surface area contributed by atoms with E-state index in [0.717, 1.165) is 19.6 Å². The Balaban J connectivity index is 1.79. The molecule has 1 aliphatic heterocycles. The first kappa shape index (κ1) is 13.8. The highest BCUT2D eigenvalue weighted by atomic mass is 32.2. The van der Waals surface area contributed by atoms with Crippen LogP contribution >= 0.6 is 11.8 Å². The van der Waals surface area contributed by atoms with Crippen LogP contribution in [-0.2, 0) is 13.1 Å². The minimum Gasteiger partial charge on any atom is -0.313 e. The van der Waals surface area contributed by atoms with Gasteiger partial charge in [0, 0.05) is 43.9 Å². The van der Waals surface area contributed by atoms with Crippen LogP contribution in [0.4, 0.5) is 0 Å². The van der Waals surface area contributed by atoms with Crippen molar-refractivity contribution in [3.05, 3.63) is 29.6 Å². The second-order valence-corrected chi connectivity index (χ2v) is 5.95. The highest BCUT2D eigenvalue weighted by Crippen LogP contribution is 2.12. The van der Waals surface area contributed by atoms with Crippen LogP contribution in [0.3, 0.4) is 0 Å². The molecule has 0 radical (unpaired) electrons. The number of thioether (sulfide) groups is 1. The second kappa shape index (κ2) is 7.77. The number of hydrogen-bond acceptors (Lipinski definition) is 4. The Bertz CT molecular complexity index is 333.